The van der Waals surface area contributed by atoms with Gasteiger partial charge in [-0.05, 0) is 24.2 Å². The fraction of sp³-hybridized carbons (Fsp3) is 0.800. The van der Waals surface area contributed by atoms with Crippen molar-refractivity contribution in [2.24, 2.45) is 11.3 Å². The first-order chi connectivity index (χ1) is 4.52. The van der Waals surface area contributed by atoms with Gasteiger partial charge < -0.3 is 0 Å². The minimum absolute atomic E-state index is 0.465. The molecule has 0 aromatic heterocycles. The van der Waals surface area contributed by atoms with E-state index in [1.165, 1.54) is 12.8 Å². The Balaban J connectivity index is 2.56. The molecule has 0 nitrogen and oxygen atoms in total. The predicted molar refractivity (Wildman–Crippen MR) is 45.9 cm³/mol. The van der Waals surface area contributed by atoms with Gasteiger partial charge in [0.1, 0.15) is 0 Å². The summed E-state index contributed by atoms with van der Waals surface area (Å²) in [7, 11) is 0. The highest BCUT2D eigenvalue weighted by atomic mass is 14.3. The van der Waals surface area contributed by atoms with Gasteiger partial charge in [-0.2, -0.15) is 0 Å². The molecule has 10 heavy (non-hydrogen) atoms. The molecule has 0 aromatic carbocycles. The Morgan fingerprint density at radius 3 is 2.00 bits per heavy atom. The molecule has 0 radical (unpaired) electrons. The molecule has 1 aliphatic rings. The molecule has 0 heterocycles. The number of hydrogen-bond donors (Lipinski definition) is 0. The highest BCUT2D eigenvalue weighted by molar-refractivity contribution is 5.16. The smallest absolute Gasteiger partial charge is 0.0183 e. The molecular formula is C10H18. The van der Waals surface area contributed by atoms with E-state index in [1.807, 2.05) is 0 Å². The molecule has 1 rings (SSSR count). The summed E-state index contributed by atoms with van der Waals surface area (Å²) in [5.74, 6) is 0.779. The van der Waals surface area contributed by atoms with Gasteiger partial charge in [0.15, 0.2) is 0 Å². The Kier molecular flexibility index (Phi) is 1.89. The van der Waals surface area contributed by atoms with Gasteiger partial charge in [-0.3, -0.25) is 0 Å². The van der Waals surface area contributed by atoms with E-state index in [0.29, 0.717) is 5.41 Å². The molecule has 58 valence electrons. The van der Waals surface area contributed by atoms with Crippen LogP contribution in [0.1, 0.15) is 40.5 Å². The molecule has 0 aromatic rings. The molecule has 0 fully saturated rings. The summed E-state index contributed by atoms with van der Waals surface area (Å²) in [5.41, 5.74) is 2.14. The third-order valence-electron chi connectivity index (χ3n) is 2.69. The highest BCUT2D eigenvalue weighted by Gasteiger charge is 2.25. The normalized spacial score (nSPS) is 21.4. The van der Waals surface area contributed by atoms with Gasteiger partial charge in [0.2, 0.25) is 0 Å². The third-order valence-corrected chi connectivity index (χ3v) is 2.69. The molecule has 1 unspecified atom stereocenters. The second-order valence-electron chi connectivity index (χ2n) is 4.41. The van der Waals surface area contributed by atoms with Crippen molar-refractivity contribution in [2.45, 2.75) is 40.5 Å². The number of hydrogen-bond acceptors (Lipinski definition) is 0. The number of rotatable bonds is 1. The zero-order valence-corrected chi connectivity index (χ0v) is 7.57. The molecule has 0 spiro atoms. The summed E-state index contributed by atoms with van der Waals surface area (Å²) >= 11 is 0. The molecule has 0 bridgehead atoms. The number of allylic oxidation sites excluding steroid dienone is 2. The summed E-state index contributed by atoms with van der Waals surface area (Å²) in [6, 6.07) is 0. The molecule has 1 aliphatic carbocycles. The van der Waals surface area contributed by atoms with Gasteiger partial charge in [0, 0.05) is 0 Å². The van der Waals surface area contributed by atoms with Crippen LogP contribution in [0.5, 0.6) is 0 Å². The molecule has 0 heteroatoms. The Bertz CT molecular complexity index is 146. The van der Waals surface area contributed by atoms with Crippen LogP contribution in [0.15, 0.2) is 11.6 Å². The van der Waals surface area contributed by atoms with Gasteiger partial charge in [-0.15, -0.1) is 0 Å². The molecule has 0 amide bonds. The third kappa shape index (κ3) is 1.42. The minimum Gasteiger partial charge on any atom is -0.0847 e. The van der Waals surface area contributed by atoms with E-state index >= 15 is 0 Å². The Morgan fingerprint density at radius 2 is 1.90 bits per heavy atom. The monoisotopic (exact) mass is 138 g/mol. The molecule has 1 atom stereocenters. The van der Waals surface area contributed by atoms with Crippen LogP contribution < -0.4 is 0 Å². The van der Waals surface area contributed by atoms with Crippen LogP contribution in [0, 0.1) is 11.3 Å². The summed E-state index contributed by atoms with van der Waals surface area (Å²) in [6.45, 7) is 9.29. The van der Waals surface area contributed by atoms with E-state index in [4.69, 9.17) is 0 Å². The fourth-order valence-corrected chi connectivity index (χ4v) is 1.26. The van der Waals surface area contributed by atoms with Crippen molar-refractivity contribution in [3.63, 3.8) is 0 Å². The lowest BCUT2D eigenvalue weighted by atomic mass is 9.73. The average Bonchev–Trinajstić information content (AvgIpc) is 1.57. The first kappa shape index (κ1) is 7.84. The lowest BCUT2D eigenvalue weighted by molar-refractivity contribution is 0.288. The van der Waals surface area contributed by atoms with Crippen LogP contribution in [-0.4, -0.2) is 0 Å². The van der Waals surface area contributed by atoms with Crippen molar-refractivity contribution >= 4 is 0 Å². The van der Waals surface area contributed by atoms with E-state index in [-0.39, 0.29) is 0 Å². The fourth-order valence-electron chi connectivity index (χ4n) is 1.26. The largest absolute Gasteiger partial charge is 0.0847 e. The SMILES string of the molecule is CC(C1=CCC1)C(C)(C)C. The lowest BCUT2D eigenvalue weighted by Crippen LogP contribution is -2.21. The molecule has 0 aliphatic heterocycles. The zero-order valence-electron chi connectivity index (χ0n) is 7.57. The summed E-state index contributed by atoms with van der Waals surface area (Å²) in [5, 5.41) is 0. The average molecular weight is 138 g/mol. The van der Waals surface area contributed by atoms with Crippen molar-refractivity contribution in [3.8, 4) is 0 Å². The molecule has 0 saturated heterocycles. The highest BCUT2D eigenvalue weighted by Crippen LogP contribution is 2.37. The maximum absolute atomic E-state index is 2.38. The first-order valence-electron chi connectivity index (χ1n) is 4.21. The van der Waals surface area contributed by atoms with Crippen LogP contribution in [0.4, 0.5) is 0 Å². The van der Waals surface area contributed by atoms with Crippen molar-refractivity contribution in [3.05, 3.63) is 11.6 Å². The van der Waals surface area contributed by atoms with Crippen LogP contribution in [-0.2, 0) is 0 Å². The lowest BCUT2D eigenvalue weighted by Gasteiger charge is -2.32. The van der Waals surface area contributed by atoms with Crippen LogP contribution in [0.3, 0.4) is 0 Å². The van der Waals surface area contributed by atoms with Crippen LogP contribution >= 0.6 is 0 Å². The Morgan fingerprint density at radius 1 is 1.40 bits per heavy atom. The molecule has 0 N–H and O–H groups in total. The van der Waals surface area contributed by atoms with Crippen molar-refractivity contribution in [2.75, 3.05) is 0 Å². The summed E-state index contributed by atoms with van der Waals surface area (Å²) < 4.78 is 0. The van der Waals surface area contributed by atoms with Gasteiger partial charge in [0.05, 0.1) is 0 Å². The Labute approximate surface area is 64.3 Å². The van der Waals surface area contributed by atoms with E-state index < -0.39 is 0 Å². The van der Waals surface area contributed by atoms with E-state index in [9.17, 15) is 0 Å². The second kappa shape index (κ2) is 2.41. The van der Waals surface area contributed by atoms with E-state index in [1.54, 1.807) is 5.57 Å². The van der Waals surface area contributed by atoms with E-state index in [0.717, 1.165) is 5.92 Å². The van der Waals surface area contributed by atoms with Gasteiger partial charge >= 0.3 is 0 Å². The molecule has 0 saturated carbocycles. The molecular weight excluding hydrogens is 120 g/mol. The van der Waals surface area contributed by atoms with Gasteiger partial charge in [0.25, 0.3) is 0 Å². The van der Waals surface area contributed by atoms with Crippen molar-refractivity contribution in [1.29, 1.82) is 0 Å². The van der Waals surface area contributed by atoms with Crippen molar-refractivity contribution < 1.29 is 0 Å². The predicted octanol–water partition coefficient (Wildman–Crippen LogP) is 3.39. The van der Waals surface area contributed by atoms with Crippen LogP contribution in [0.25, 0.3) is 0 Å². The topological polar surface area (TPSA) is 0 Å². The zero-order chi connectivity index (χ0) is 7.78. The minimum atomic E-state index is 0.465. The second-order valence-corrected chi connectivity index (χ2v) is 4.41. The Hall–Kier alpha value is -0.260. The van der Waals surface area contributed by atoms with Crippen molar-refractivity contribution in [1.82, 2.24) is 0 Å². The summed E-state index contributed by atoms with van der Waals surface area (Å²) in [6.07, 6.45) is 5.05. The van der Waals surface area contributed by atoms with Gasteiger partial charge in [-0.25, -0.2) is 0 Å². The maximum Gasteiger partial charge on any atom is -0.0183 e. The van der Waals surface area contributed by atoms with E-state index in [2.05, 4.69) is 33.8 Å². The quantitative estimate of drug-likeness (QED) is 0.487. The standard InChI is InChI=1S/C10H18/c1-8(10(2,3)4)9-6-5-7-9/h6,8H,5,7H2,1-4H3. The van der Waals surface area contributed by atoms with Crippen LogP contribution in [0.2, 0.25) is 0 Å². The maximum atomic E-state index is 2.38. The first-order valence-corrected chi connectivity index (χ1v) is 4.21. The van der Waals surface area contributed by atoms with Gasteiger partial charge in [-0.1, -0.05) is 39.3 Å². The summed E-state index contributed by atoms with van der Waals surface area (Å²) in [4.78, 5) is 0.